The third-order valence-electron chi connectivity index (χ3n) is 2.49. The molecule has 1 aromatic carbocycles. The third-order valence-corrected chi connectivity index (χ3v) is 3.28. The van der Waals surface area contributed by atoms with Crippen LogP contribution in [0.2, 0.25) is 0 Å². The first-order chi connectivity index (χ1) is 8.85. The number of hydrogen-bond acceptors (Lipinski definition) is 2. The number of hydrogen-bond donors (Lipinski definition) is 0. The first kappa shape index (κ1) is 12.3. The quantitative estimate of drug-likeness (QED) is 0.549. The normalized spacial score (nSPS) is 10.6. The van der Waals surface area contributed by atoms with E-state index < -0.39 is 0 Å². The second-order valence-electron chi connectivity index (χ2n) is 3.60. The summed E-state index contributed by atoms with van der Waals surface area (Å²) in [5, 5.41) is 2.03. The van der Waals surface area contributed by atoms with Crippen molar-refractivity contribution in [2.45, 2.75) is 6.92 Å². The molecule has 0 bridgehead atoms. The molecular formula is C16H13NS. The number of nitrogens with zero attached hydrogens (tertiary/aromatic N) is 1. The molecule has 0 atom stereocenters. The molecule has 1 aromatic heterocycles. The lowest BCUT2D eigenvalue weighted by Gasteiger charge is -2.03. The van der Waals surface area contributed by atoms with E-state index >= 15 is 0 Å². The van der Waals surface area contributed by atoms with Gasteiger partial charge in [-0.15, -0.1) is 11.3 Å². The predicted octanol–water partition coefficient (Wildman–Crippen LogP) is 4.54. The summed E-state index contributed by atoms with van der Waals surface area (Å²) < 4.78 is 0. The molecule has 88 valence electrons. The molecule has 2 rings (SSSR count). The van der Waals surface area contributed by atoms with Crippen molar-refractivity contribution in [2.24, 2.45) is 4.99 Å². The van der Waals surface area contributed by atoms with Gasteiger partial charge < -0.3 is 0 Å². The molecule has 0 aliphatic rings. The highest BCUT2D eigenvalue weighted by atomic mass is 32.1. The number of rotatable bonds is 2. The Balaban J connectivity index is 2.38. The van der Waals surface area contributed by atoms with Gasteiger partial charge in [0, 0.05) is 11.1 Å². The second-order valence-corrected chi connectivity index (χ2v) is 4.55. The highest BCUT2D eigenvalue weighted by molar-refractivity contribution is 7.10. The lowest BCUT2D eigenvalue weighted by atomic mass is 10.0. The van der Waals surface area contributed by atoms with Gasteiger partial charge >= 0.3 is 0 Å². The number of thiophene rings is 1. The third kappa shape index (κ3) is 2.77. The predicted molar refractivity (Wildman–Crippen MR) is 80.5 cm³/mol. The largest absolute Gasteiger partial charge is 0.264 e. The zero-order valence-corrected chi connectivity index (χ0v) is 11.0. The molecule has 0 aliphatic carbocycles. The van der Waals surface area contributed by atoms with Gasteiger partial charge in [-0.25, -0.2) is 0 Å². The van der Waals surface area contributed by atoms with E-state index in [-0.39, 0.29) is 0 Å². The van der Waals surface area contributed by atoms with Gasteiger partial charge in [-0.2, -0.15) is 0 Å². The zero-order chi connectivity index (χ0) is 12.8. The van der Waals surface area contributed by atoms with Gasteiger partial charge in [0.05, 0.1) is 10.6 Å². The van der Waals surface area contributed by atoms with Crippen LogP contribution in [0.4, 0.5) is 5.69 Å². The molecule has 18 heavy (non-hydrogen) atoms. The summed E-state index contributed by atoms with van der Waals surface area (Å²) in [5.74, 6) is 6.36. The van der Waals surface area contributed by atoms with Crippen molar-refractivity contribution in [2.75, 3.05) is 0 Å². The maximum atomic E-state index is 4.03. The van der Waals surface area contributed by atoms with E-state index in [2.05, 4.69) is 23.6 Å². The molecule has 0 saturated carbocycles. The highest BCUT2D eigenvalue weighted by Crippen LogP contribution is 2.25. The summed E-state index contributed by atoms with van der Waals surface area (Å²) in [5.41, 5.74) is 2.87. The van der Waals surface area contributed by atoms with Crippen LogP contribution in [-0.4, -0.2) is 6.72 Å². The maximum Gasteiger partial charge on any atom is 0.0772 e. The molecule has 0 N–H and O–H groups in total. The number of para-hydroxylation sites is 1. The summed E-state index contributed by atoms with van der Waals surface area (Å²) >= 11 is 1.64. The van der Waals surface area contributed by atoms with Crippen LogP contribution in [0.1, 0.15) is 17.4 Å². The van der Waals surface area contributed by atoms with Crippen LogP contribution in [0, 0.1) is 11.8 Å². The van der Waals surface area contributed by atoms with Crippen molar-refractivity contribution in [3.05, 3.63) is 58.3 Å². The Hall–Kier alpha value is -2.11. The molecule has 1 heterocycles. The Labute approximate surface area is 112 Å². The first-order valence-electron chi connectivity index (χ1n) is 5.63. The van der Waals surface area contributed by atoms with Crippen LogP contribution in [-0.2, 0) is 0 Å². The van der Waals surface area contributed by atoms with Crippen LogP contribution in [0.3, 0.4) is 0 Å². The van der Waals surface area contributed by atoms with Crippen molar-refractivity contribution in [1.29, 1.82) is 0 Å². The minimum atomic E-state index is 0.867. The van der Waals surface area contributed by atoms with Crippen LogP contribution in [0.15, 0.2) is 52.8 Å². The van der Waals surface area contributed by atoms with E-state index in [0.29, 0.717) is 0 Å². The highest BCUT2D eigenvalue weighted by Gasteiger charge is 2.02. The van der Waals surface area contributed by atoms with Gasteiger partial charge in [-0.3, -0.25) is 4.99 Å². The van der Waals surface area contributed by atoms with Crippen molar-refractivity contribution in [3.63, 3.8) is 0 Å². The standard InChI is InChI=1S/C16H13NS/c1-3-13(10-11-14-7-6-12-18-14)15-8-4-5-9-16(15)17-2/h3-9,12H,2H2,1H3. The smallest absolute Gasteiger partial charge is 0.0772 e. The lowest BCUT2D eigenvalue weighted by molar-refractivity contribution is 1.50. The van der Waals surface area contributed by atoms with E-state index in [1.807, 2.05) is 54.8 Å². The monoisotopic (exact) mass is 251 g/mol. The Morgan fingerprint density at radius 1 is 1.28 bits per heavy atom. The van der Waals surface area contributed by atoms with E-state index in [4.69, 9.17) is 0 Å². The van der Waals surface area contributed by atoms with Gasteiger partial charge in [0.25, 0.3) is 0 Å². The molecule has 0 amide bonds. The SMILES string of the molecule is C=Nc1ccccc1C(C#Cc1cccs1)=CC. The summed E-state index contributed by atoms with van der Waals surface area (Å²) in [7, 11) is 0. The average molecular weight is 251 g/mol. The molecule has 0 fully saturated rings. The van der Waals surface area contributed by atoms with Gasteiger partial charge in [0.15, 0.2) is 0 Å². The van der Waals surface area contributed by atoms with Gasteiger partial charge in [0.1, 0.15) is 0 Å². The maximum absolute atomic E-state index is 4.03. The van der Waals surface area contributed by atoms with Gasteiger partial charge in [-0.05, 0) is 31.2 Å². The molecule has 2 heteroatoms. The topological polar surface area (TPSA) is 12.4 Å². The van der Waals surface area contributed by atoms with Crippen LogP contribution in [0.5, 0.6) is 0 Å². The van der Waals surface area contributed by atoms with Crippen molar-refractivity contribution < 1.29 is 0 Å². The summed E-state index contributed by atoms with van der Waals surface area (Å²) in [6.45, 7) is 5.58. The molecule has 0 unspecified atom stereocenters. The summed E-state index contributed by atoms with van der Waals surface area (Å²) in [6.07, 6.45) is 2.00. The number of benzene rings is 1. The Morgan fingerprint density at radius 2 is 2.11 bits per heavy atom. The summed E-state index contributed by atoms with van der Waals surface area (Å²) in [4.78, 5) is 5.10. The lowest BCUT2D eigenvalue weighted by Crippen LogP contribution is -1.82. The molecule has 0 saturated heterocycles. The van der Waals surface area contributed by atoms with E-state index in [0.717, 1.165) is 21.7 Å². The van der Waals surface area contributed by atoms with E-state index in [1.165, 1.54) is 0 Å². The fraction of sp³-hybridized carbons (Fsp3) is 0.0625. The van der Waals surface area contributed by atoms with Crippen LogP contribution < -0.4 is 0 Å². The molecule has 0 aliphatic heterocycles. The minimum absolute atomic E-state index is 0.867. The number of allylic oxidation sites excluding steroid dienone is 2. The minimum Gasteiger partial charge on any atom is -0.264 e. The van der Waals surface area contributed by atoms with E-state index in [1.54, 1.807) is 11.3 Å². The van der Waals surface area contributed by atoms with Crippen LogP contribution in [0.25, 0.3) is 5.57 Å². The Morgan fingerprint density at radius 3 is 2.78 bits per heavy atom. The van der Waals surface area contributed by atoms with Crippen molar-refractivity contribution >= 4 is 29.3 Å². The molecular weight excluding hydrogens is 238 g/mol. The Kier molecular flexibility index (Phi) is 4.11. The number of aliphatic imine (C=N–C) groups is 1. The van der Waals surface area contributed by atoms with Crippen molar-refractivity contribution in [1.82, 2.24) is 0 Å². The van der Waals surface area contributed by atoms with Crippen molar-refractivity contribution in [3.8, 4) is 11.8 Å². The van der Waals surface area contributed by atoms with E-state index in [9.17, 15) is 0 Å². The Bertz CT molecular complexity index is 625. The fourth-order valence-corrected chi connectivity index (χ4v) is 2.18. The second kappa shape index (κ2) is 6.00. The summed E-state index contributed by atoms with van der Waals surface area (Å²) in [6, 6.07) is 11.9. The average Bonchev–Trinajstić information content (AvgIpc) is 2.93. The van der Waals surface area contributed by atoms with Gasteiger partial charge in [-0.1, -0.05) is 42.2 Å². The van der Waals surface area contributed by atoms with Crippen LogP contribution >= 0.6 is 11.3 Å². The molecule has 1 nitrogen and oxygen atoms in total. The fourth-order valence-electron chi connectivity index (χ4n) is 1.61. The molecule has 2 aromatic rings. The molecule has 0 radical (unpaired) electrons. The first-order valence-corrected chi connectivity index (χ1v) is 6.51. The molecule has 0 spiro atoms. The zero-order valence-electron chi connectivity index (χ0n) is 10.2. The van der Waals surface area contributed by atoms with Gasteiger partial charge in [0.2, 0.25) is 0 Å².